The summed E-state index contributed by atoms with van der Waals surface area (Å²) in [6.45, 7) is 5.94. The van der Waals surface area contributed by atoms with Crippen molar-refractivity contribution in [3.8, 4) is 0 Å². The second-order valence-electron chi connectivity index (χ2n) is 5.95. The SMILES string of the molecule is C=C1CN(c2ccccc2)C(=O)C1(Cc1ccccc1)C(C)=O. The van der Waals surface area contributed by atoms with E-state index in [9.17, 15) is 9.59 Å². The Hall–Kier alpha value is -2.68. The maximum Gasteiger partial charge on any atom is 0.245 e. The molecule has 0 aromatic heterocycles. The van der Waals surface area contributed by atoms with Gasteiger partial charge in [-0.3, -0.25) is 9.59 Å². The number of carbonyl (C=O) groups excluding carboxylic acids is 2. The summed E-state index contributed by atoms with van der Waals surface area (Å²) in [6, 6.07) is 19.1. The third kappa shape index (κ3) is 2.48. The number of benzene rings is 2. The first-order valence-electron chi connectivity index (χ1n) is 7.66. The molecule has 3 rings (SSSR count). The van der Waals surface area contributed by atoms with Gasteiger partial charge in [0.25, 0.3) is 0 Å². The van der Waals surface area contributed by atoms with Crippen molar-refractivity contribution in [2.24, 2.45) is 5.41 Å². The van der Waals surface area contributed by atoms with E-state index < -0.39 is 5.41 Å². The van der Waals surface area contributed by atoms with Gasteiger partial charge in [0.15, 0.2) is 0 Å². The van der Waals surface area contributed by atoms with Crippen LogP contribution in [0.5, 0.6) is 0 Å². The Labute approximate surface area is 136 Å². The average molecular weight is 305 g/mol. The standard InChI is InChI=1S/C20H19NO2/c1-15-14-21(18-11-7-4-8-12-18)19(23)20(15,16(2)22)13-17-9-5-3-6-10-17/h3-12H,1,13-14H2,2H3. The Morgan fingerprint density at radius 3 is 2.22 bits per heavy atom. The Kier molecular flexibility index (Phi) is 3.87. The lowest BCUT2D eigenvalue weighted by molar-refractivity contribution is -0.135. The number of nitrogens with zero attached hydrogens (tertiary/aromatic N) is 1. The lowest BCUT2D eigenvalue weighted by atomic mass is 9.74. The van der Waals surface area contributed by atoms with E-state index in [-0.39, 0.29) is 11.7 Å². The summed E-state index contributed by atoms with van der Waals surface area (Å²) in [7, 11) is 0. The number of carbonyl (C=O) groups is 2. The lowest BCUT2D eigenvalue weighted by Crippen LogP contribution is -2.42. The molecule has 3 heteroatoms. The van der Waals surface area contributed by atoms with Crippen LogP contribution in [-0.2, 0) is 16.0 Å². The maximum atomic E-state index is 13.1. The summed E-state index contributed by atoms with van der Waals surface area (Å²) in [4.78, 5) is 27.2. The van der Waals surface area contributed by atoms with E-state index in [1.165, 1.54) is 6.92 Å². The Morgan fingerprint density at radius 2 is 1.65 bits per heavy atom. The zero-order valence-corrected chi connectivity index (χ0v) is 13.2. The Morgan fingerprint density at radius 1 is 1.09 bits per heavy atom. The van der Waals surface area contributed by atoms with E-state index in [0.29, 0.717) is 18.5 Å². The van der Waals surface area contributed by atoms with Crippen LogP contribution >= 0.6 is 0 Å². The average Bonchev–Trinajstić information content (AvgIpc) is 2.82. The summed E-state index contributed by atoms with van der Waals surface area (Å²) in [5.74, 6) is -0.320. The molecule has 0 N–H and O–H groups in total. The number of hydrogen-bond acceptors (Lipinski definition) is 2. The molecule has 0 aliphatic carbocycles. The molecule has 0 bridgehead atoms. The zero-order chi connectivity index (χ0) is 16.4. The van der Waals surface area contributed by atoms with E-state index in [2.05, 4.69) is 6.58 Å². The van der Waals surface area contributed by atoms with Crippen molar-refractivity contribution in [3.63, 3.8) is 0 Å². The van der Waals surface area contributed by atoms with Crippen LogP contribution in [0.4, 0.5) is 5.69 Å². The lowest BCUT2D eigenvalue weighted by Gasteiger charge is -2.26. The number of rotatable bonds is 4. The highest BCUT2D eigenvalue weighted by atomic mass is 16.2. The van der Waals surface area contributed by atoms with Crippen LogP contribution in [0.2, 0.25) is 0 Å². The molecule has 1 unspecified atom stereocenters. The number of ketones is 1. The van der Waals surface area contributed by atoms with Crippen LogP contribution in [0.15, 0.2) is 72.8 Å². The predicted molar refractivity (Wildman–Crippen MR) is 91.2 cm³/mol. The molecule has 3 nitrogen and oxygen atoms in total. The van der Waals surface area contributed by atoms with E-state index in [1.807, 2.05) is 60.7 Å². The summed E-state index contributed by atoms with van der Waals surface area (Å²) < 4.78 is 0. The van der Waals surface area contributed by atoms with Gasteiger partial charge in [-0.2, -0.15) is 0 Å². The fourth-order valence-electron chi connectivity index (χ4n) is 3.22. The van der Waals surface area contributed by atoms with Gasteiger partial charge in [0, 0.05) is 12.2 Å². The van der Waals surface area contributed by atoms with E-state index in [1.54, 1.807) is 4.90 Å². The highest BCUT2D eigenvalue weighted by molar-refractivity contribution is 6.17. The summed E-state index contributed by atoms with van der Waals surface area (Å²) in [5, 5.41) is 0. The molecular weight excluding hydrogens is 286 g/mol. The summed E-state index contributed by atoms with van der Waals surface area (Å²) in [5.41, 5.74) is 1.28. The molecule has 1 aliphatic rings. The molecule has 0 saturated carbocycles. The van der Waals surface area contributed by atoms with Crippen molar-refractivity contribution < 1.29 is 9.59 Å². The molecular formula is C20H19NO2. The van der Waals surface area contributed by atoms with Crippen molar-refractivity contribution in [1.82, 2.24) is 0 Å². The van der Waals surface area contributed by atoms with E-state index in [4.69, 9.17) is 0 Å². The van der Waals surface area contributed by atoms with E-state index in [0.717, 1.165) is 11.3 Å². The van der Waals surface area contributed by atoms with Gasteiger partial charge in [0.1, 0.15) is 11.2 Å². The fourth-order valence-corrected chi connectivity index (χ4v) is 3.22. The van der Waals surface area contributed by atoms with Crippen LogP contribution in [0.1, 0.15) is 12.5 Å². The molecule has 23 heavy (non-hydrogen) atoms. The molecule has 2 aromatic rings. The van der Waals surface area contributed by atoms with Gasteiger partial charge < -0.3 is 4.90 Å². The first kappa shape index (κ1) is 15.2. The molecule has 1 atom stereocenters. The van der Waals surface area contributed by atoms with Crippen LogP contribution in [0.3, 0.4) is 0 Å². The first-order valence-corrected chi connectivity index (χ1v) is 7.66. The number of anilines is 1. The molecule has 0 radical (unpaired) electrons. The van der Waals surface area contributed by atoms with Crippen molar-refractivity contribution in [2.75, 3.05) is 11.4 Å². The molecule has 1 heterocycles. The monoisotopic (exact) mass is 305 g/mol. The van der Waals surface area contributed by atoms with Gasteiger partial charge in [-0.25, -0.2) is 0 Å². The number of Topliss-reactive ketones (excluding diaryl/α,β-unsaturated/α-hetero) is 1. The summed E-state index contributed by atoms with van der Waals surface area (Å²) >= 11 is 0. The number of hydrogen-bond donors (Lipinski definition) is 0. The Bertz CT molecular complexity index is 752. The highest BCUT2D eigenvalue weighted by Crippen LogP contribution is 2.41. The van der Waals surface area contributed by atoms with Gasteiger partial charge in [-0.1, -0.05) is 55.1 Å². The second kappa shape index (κ2) is 5.84. The van der Waals surface area contributed by atoms with Crippen LogP contribution in [0.25, 0.3) is 0 Å². The normalized spacial score (nSPS) is 20.8. The van der Waals surface area contributed by atoms with Gasteiger partial charge in [0.2, 0.25) is 5.91 Å². The fraction of sp³-hybridized carbons (Fsp3) is 0.200. The largest absolute Gasteiger partial charge is 0.307 e. The van der Waals surface area contributed by atoms with Gasteiger partial charge in [-0.05, 0) is 36.6 Å². The van der Waals surface area contributed by atoms with Crippen LogP contribution in [-0.4, -0.2) is 18.2 Å². The molecule has 2 aromatic carbocycles. The van der Waals surface area contributed by atoms with Crippen molar-refractivity contribution in [2.45, 2.75) is 13.3 Å². The first-order chi connectivity index (χ1) is 11.1. The van der Waals surface area contributed by atoms with Crippen molar-refractivity contribution >= 4 is 17.4 Å². The van der Waals surface area contributed by atoms with Gasteiger partial charge in [0.05, 0.1) is 0 Å². The number of para-hydroxylation sites is 1. The molecule has 116 valence electrons. The van der Waals surface area contributed by atoms with Crippen molar-refractivity contribution in [3.05, 3.63) is 78.4 Å². The maximum absolute atomic E-state index is 13.1. The predicted octanol–water partition coefficient (Wildman–Crippen LogP) is 3.41. The molecule has 1 saturated heterocycles. The molecule has 1 amide bonds. The van der Waals surface area contributed by atoms with Crippen molar-refractivity contribution in [1.29, 1.82) is 0 Å². The minimum Gasteiger partial charge on any atom is -0.307 e. The topological polar surface area (TPSA) is 37.4 Å². The van der Waals surface area contributed by atoms with Crippen LogP contribution < -0.4 is 4.90 Å². The molecule has 1 fully saturated rings. The molecule has 0 spiro atoms. The summed E-state index contributed by atoms with van der Waals surface area (Å²) in [6.07, 6.45) is 0.365. The number of amides is 1. The minimum atomic E-state index is -1.16. The molecule has 1 aliphatic heterocycles. The third-order valence-corrected chi connectivity index (χ3v) is 4.54. The van der Waals surface area contributed by atoms with E-state index >= 15 is 0 Å². The zero-order valence-electron chi connectivity index (χ0n) is 13.2. The Balaban J connectivity index is 2.02. The highest BCUT2D eigenvalue weighted by Gasteiger charge is 2.53. The third-order valence-electron chi connectivity index (χ3n) is 4.54. The smallest absolute Gasteiger partial charge is 0.245 e. The van der Waals surface area contributed by atoms with Gasteiger partial charge in [-0.15, -0.1) is 0 Å². The van der Waals surface area contributed by atoms with Gasteiger partial charge >= 0.3 is 0 Å². The minimum absolute atomic E-state index is 0.144. The van der Waals surface area contributed by atoms with Crippen LogP contribution in [0, 0.1) is 5.41 Å². The second-order valence-corrected chi connectivity index (χ2v) is 5.95. The quantitative estimate of drug-likeness (QED) is 0.641.